The van der Waals surface area contributed by atoms with Gasteiger partial charge in [-0.15, -0.1) is 0 Å². The zero-order valence-corrected chi connectivity index (χ0v) is 13.2. The van der Waals surface area contributed by atoms with E-state index in [-0.39, 0.29) is 6.03 Å². The van der Waals surface area contributed by atoms with Crippen LogP contribution in [0.3, 0.4) is 0 Å². The fourth-order valence-corrected chi connectivity index (χ4v) is 2.29. The maximum absolute atomic E-state index is 12.0. The zero-order valence-electron chi connectivity index (χ0n) is 13.2. The van der Waals surface area contributed by atoms with E-state index in [1.165, 1.54) is 0 Å². The molecule has 0 bridgehead atoms. The Kier molecular flexibility index (Phi) is 4.31. The average Bonchev–Trinajstić information content (AvgIpc) is 2.67. The summed E-state index contributed by atoms with van der Waals surface area (Å²) in [7, 11) is 1.90. The van der Waals surface area contributed by atoms with E-state index < -0.39 is 0 Å². The topological polar surface area (TPSA) is 59.0 Å². The maximum atomic E-state index is 12.0. The standard InChI is InChI=1S/C16H22N4O/c1-10-7-6-8-15(11(10)2)18-16(21)17-9-14-12(3)19-20(5)13(14)4/h6-8H,9H2,1-5H3,(H2,17,18,21). The molecule has 0 saturated carbocycles. The molecule has 2 N–H and O–H groups in total. The minimum absolute atomic E-state index is 0.202. The van der Waals surface area contributed by atoms with E-state index in [0.29, 0.717) is 6.54 Å². The molecule has 0 radical (unpaired) electrons. The van der Waals surface area contributed by atoms with Gasteiger partial charge in [0.25, 0.3) is 0 Å². The number of nitrogens with one attached hydrogen (secondary N) is 2. The molecular weight excluding hydrogens is 264 g/mol. The third kappa shape index (κ3) is 3.24. The number of urea groups is 1. The molecule has 2 rings (SSSR count). The smallest absolute Gasteiger partial charge is 0.319 e. The highest BCUT2D eigenvalue weighted by atomic mass is 16.2. The van der Waals surface area contributed by atoms with Gasteiger partial charge in [-0.3, -0.25) is 4.68 Å². The highest BCUT2D eigenvalue weighted by Gasteiger charge is 2.11. The summed E-state index contributed by atoms with van der Waals surface area (Å²) < 4.78 is 1.83. The van der Waals surface area contributed by atoms with Crippen molar-refractivity contribution in [2.75, 3.05) is 5.32 Å². The Bertz CT molecular complexity index is 673. The zero-order chi connectivity index (χ0) is 15.6. The van der Waals surface area contributed by atoms with Crippen molar-refractivity contribution in [1.29, 1.82) is 0 Å². The molecule has 1 aromatic heterocycles. The van der Waals surface area contributed by atoms with Gasteiger partial charge in [0.2, 0.25) is 0 Å². The molecule has 0 aliphatic rings. The molecule has 0 atom stereocenters. The Labute approximate surface area is 125 Å². The van der Waals surface area contributed by atoms with Crippen molar-refractivity contribution < 1.29 is 4.79 Å². The van der Waals surface area contributed by atoms with E-state index >= 15 is 0 Å². The van der Waals surface area contributed by atoms with Gasteiger partial charge in [0.05, 0.1) is 5.69 Å². The monoisotopic (exact) mass is 286 g/mol. The van der Waals surface area contributed by atoms with E-state index in [2.05, 4.69) is 15.7 Å². The van der Waals surface area contributed by atoms with E-state index in [4.69, 9.17) is 0 Å². The molecule has 21 heavy (non-hydrogen) atoms. The minimum atomic E-state index is -0.202. The van der Waals surface area contributed by atoms with Crippen LogP contribution < -0.4 is 10.6 Å². The van der Waals surface area contributed by atoms with Gasteiger partial charge in [0, 0.05) is 30.5 Å². The van der Waals surface area contributed by atoms with Gasteiger partial charge < -0.3 is 10.6 Å². The summed E-state index contributed by atoms with van der Waals surface area (Å²) in [4.78, 5) is 12.0. The second-order valence-corrected chi connectivity index (χ2v) is 5.33. The summed E-state index contributed by atoms with van der Waals surface area (Å²) in [5.74, 6) is 0. The fraction of sp³-hybridized carbons (Fsp3) is 0.375. The van der Waals surface area contributed by atoms with Crippen LogP contribution in [0.2, 0.25) is 0 Å². The highest BCUT2D eigenvalue weighted by Crippen LogP contribution is 2.18. The van der Waals surface area contributed by atoms with Crippen LogP contribution in [0.5, 0.6) is 0 Å². The molecule has 0 aliphatic carbocycles. The molecule has 5 nitrogen and oxygen atoms in total. The van der Waals surface area contributed by atoms with Gasteiger partial charge in [-0.2, -0.15) is 5.10 Å². The molecule has 0 fully saturated rings. The summed E-state index contributed by atoms with van der Waals surface area (Å²) >= 11 is 0. The molecule has 1 aromatic carbocycles. The van der Waals surface area contributed by atoms with Gasteiger partial charge in [-0.1, -0.05) is 12.1 Å². The average molecular weight is 286 g/mol. The first-order valence-corrected chi connectivity index (χ1v) is 7.00. The predicted molar refractivity (Wildman–Crippen MR) is 84.5 cm³/mol. The van der Waals surface area contributed by atoms with Gasteiger partial charge in [-0.05, 0) is 44.9 Å². The third-order valence-corrected chi connectivity index (χ3v) is 3.94. The molecule has 0 spiro atoms. The second-order valence-electron chi connectivity index (χ2n) is 5.33. The van der Waals surface area contributed by atoms with Gasteiger partial charge in [0.1, 0.15) is 0 Å². The maximum Gasteiger partial charge on any atom is 0.319 e. The lowest BCUT2D eigenvalue weighted by atomic mass is 10.1. The number of amides is 2. The number of nitrogens with zero attached hydrogens (tertiary/aromatic N) is 2. The Balaban J connectivity index is 2.01. The minimum Gasteiger partial charge on any atom is -0.334 e. The largest absolute Gasteiger partial charge is 0.334 e. The number of hydrogen-bond acceptors (Lipinski definition) is 2. The number of benzene rings is 1. The number of aromatic nitrogens is 2. The quantitative estimate of drug-likeness (QED) is 0.911. The molecule has 2 aromatic rings. The number of carbonyl (C=O) groups is 1. The second kappa shape index (κ2) is 5.99. The molecule has 1 heterocycles. The molecular formula is C16H22N4O. The number of carbonyl (C=O) groups excluding carboxylic acids is 1. The van der Waals surface area contributed by atoms with Crippen LogP contribution in [0.25, 0.3) is 0 Å². The highest BCUT2D eigenvalue weighted by molar-refractivity contribution is 5.90. The number of hydrogen-bond donors (Lipinski definition) is 2. The summed E-state index contributed by atoms with van der Waals surface area (Å²) in [5, 5.41) is 10.1. The summed E-state index contributed by atoms with van der Waals surface area (Å²) in [5.41, 5.74) is 6.16. The normalized spacial score (nSPS) is 10.5. The lowest BCUT2D eigenvalue weighted by Crippen LogP contribution is -2.29. The number of anilines is 1. The summed E-state index contributed by atoms with van der Waals surface area (Å²) in [6.45, 7) is 8.45. The van der Waals surface area contributed by atoms with E-state index in [1.54, 1.807) is 0 Å². The van der Waals surface area contributed by atoms with Crippen molar-refractivity contribution in [2.24, 2.45) is 7.05 Å². The molecule has 112 valence electrons. The lowest BCUT2D eigenvalue weighted by Gasteiger charge is -2.11. The van der Waals surface area contributed by atoms with Crippen LogP contribution in [-0.4, -0.2) is 15.8 Å². The first kappa shape index (κ1) is 15.1. The van der Waals surface area contributed by atoms with Crippen LogP contribution in [0, 0.1) is 27.7 Å². The SMILES string of the molecule is Cc1cccc(NC(=O)NCc2c(C)nn(C)c2C)c1C. The summed E-state index contributed by atoms with van der Waals surface area (Å²) in [6, 6.07) is 5.67. The summed E-state index contributed by atoms with van der Waals surface area (Å²) in [6.07, 6.45) is 0. The third-order valence-electron chi connectivity index (χ3n) is 3.94. The fourth-order valence-electron chi connectivity index (χ4n) is 2.29. The van der Waals surface area contributed by atoms with Crippen LogP contribution >= 0.6 is 0 Å². The number of aryl methyl sites for hydroxylation is 3. The van der Waals surface area contributed by atoms with Crippen molar-refractivity contribution in [3.8, 4) is 0 Å². The Morgan fingerprint density at radius 1 is 1.24 bits per heavy atom. The lowest BCUT2D eigenvalue weighted by molar-refractivity contribution is 0.251. The van der Waals surface area contributed by atoms with Crippen molar-refractivity contribution in [1.82, 2.24) is 15.1 Å². The molecule has 2 amide bonds. The van der Waals surface area contributed by atoms with Gasteiger partial charge in [-0.25, -0.2) is 4.79 Å². The molecule has 5 heteroatoms. The Morgan fingerprint density at radius 2 is 1.95 bits per heavy atom. The van der Waals surface area contributed by atoms with Crippen LogP contribution in [0.1, 0.15) is 28.1 Å². The van der Waals surface area contributed by atoms with Crippen LogP contribution in [-0.2, 0) is 13.6 Å². The molecule has 0 unspecified atom stereocenters. The first-order chi connectivity index (χ1) is 9.90. The van der Waals surface area contributed by atoms with Crippen molar-refractivity contribution in [2.45, 2.75) is 34.2 Å². The first-order valence-electron chi connectivity index (χ1n) is 7.00. The van der Waals surface area contributed by atoms with E-state index in [9.17, 15) is 4.79 Å². The van der Waals surface area contributed by atoms with Gasteiger partial charge >= 0.3 is 6.03 Å². The van der Waals surface area contributed by atoms with Gasteiger partial charge in [0.15, 0.2) is 0 Å². The van der Waals surface area contributed by atoms with E-state index in [0.717, 1.165) is 33.8 Å². The Morgan fingerprint density at radius 3 is 2.57 bits per heavy atom. The van der Waals surface area contributed by atoms with E-state index in [1.807, 2.05) is 57.6 Å². The van der Waals surface area contributed by atoms with Crippen LogP contribution in [0.4, 0.5) is 10.5 Å². The Hall–Kier alpha value is -2.30. The van der Waals surface area contributed by atoms with Crippen molar-refractivity contribution in [3.05, 3.63) is 46.3 Å². The van der Waals surface area contributed by atoms with Crippen molar-refractivity contribution in [3.63, 3.8) is 0 Å². The molecule has 0 saturated heterocycles. The van der Waals surface area contributed by atoms with Crippen molar-refractivity contribution >= 4 is 11.7 Å². The molecule has 0 aliphatic heterocycles. The van der Waals surface area contributed by atoms with Crippen LogP contribution in [0.15, 0.2) is 18.2 Å². The number of rotatable bonds is 3. The predicted octanol–water partition coefficient (Wildman–Crippen LogP) is 2.98.